The summed E-state index contributed by atoms with van der Waals surface area (Å²) in [5, 5.41) is 8.67. The molecule has 3 nitrogen and oxygen atoms in total. The van der Waals surface area contributed by atoms with Gasteiger partial charge in [-0.3, -0.25) is 9.69 Å². The lowest BCUT2D eigenvalue weighted by molar-refractivity contribution is -0.138. The van der Waals surface area contributed by atoms with Crippen LogP contribution in [-0.2, 0) is 4.79 Å². The standard InChI is InChI=1S/C10H19NO2/c1-5-9(4)11(6-8(2)3)7-10(12)13/h9H,2,5-7H2,1,3-4H3,(H,12,13). The van der Waals surface area contributed by atoms with Crippen LogP contribution in [0.5, 0.6) is 0 Å². The highest BCUT2D eigenvalue weighted by molar-refractivity contribution is 5.69. The zero-order valence-corrected chi connectivity index (χ0v) is 8.71. The zero-order chi connectivity index (χ0) is 10.4. The van der Waals surface area contributed by atoms with Crippen LogP contribution in [0, 0.1) is 0 Å². The summed E-state index contributed by atoms with van der Waals surface area (Å²) < 4.78 is 0. The molecule has 0 aromatic rings. The largest absolute Gasteiger partial charge is 0.480 e. The highest BCUT2D eigenvalue weighted by Gasteiger charge is 2.14. The fourth-order valence-electron chi connectivity index (χ4n) is 1.15. The van der Waals surface area contributed by atoms with Gasteiger partial charge in [-0.15, -0.1) is 0 Å². The van der Waals surface area contributed by atoms with E-state index in [2.05, 4.69) is 13.5 Å². The smallest absolute Gasteiger partial charge is 0.317 e. The van der Waals surface area contributed by atoms with E-state index in [1.807, 2.05) is 18.7 Å². The van der Waals surface area contributed by atoms with Crippen LogP contribution < -0.4 is 0 Å². The van der Waals surface area contributed by atoms with E-state index in [9.17, 15) is 4.79 Å². The SMILES string of the molecule is C=C(C)CN(CC(=O)O)C(C)CC. The third kappa shape index (κ3) is 5.42. The Labute approximate surface area is 80.0 Å². The predicted octanol–water partition coefficient (Wildman–Crippen LogP) is 1.75. The highest BCUT2D eigenvalue weighted by atomic mass is 16.4. The molecule has 0 rings (SSSR count). The second kappa shape index (κ2) is 5.75. The molecule has 0 spiro atoms. The van der Waals surface area contributed by atoms with Gasteiger partial charge in [0.05, 0.1) is 6.54 Å². The van der Waals surface area contributed by atoms with E-state index in [0.717, 1.165) is 12.0 Å². The van der Waals surface area contributed by atoms with Gasteiger partial charge in [-0.1, -0.05) is 19.1 Å². The molecule has 0 aliphatic rings. The van der Waals surface area contributed by atoms with Crippen molar-refractivity contribution in [2.75, 3.05) is 13.1 Å². The Kier molecular flexibility index (Phi) is 5.39. The zero-order valence-electron chi connectivity index (χ0n) is 8.71. The number of aliphatic carboxylic acids is 1. The second-order valence-electron chi connectivity index (χ2n) is 3.51. The van der Waals surface area contributed by atoms with Gasteiger partial charge < -0.3 is 5.11 Å². The Morgan fingerprint density at radius 3 is 2.38 bits per heavy atom. The van der Waals surface area contributed by atoms with E-state index >= 15 is 0 Å². The van der Waals surface area contributed by atoms with Crippen LogP contribution >= 0.6 is 0 Å². The molecule has 1 N–H and O–H groups in total. The van der Waals surface area contributed by atoms with Crippen molar-refractivity contribution in [1.82, 2.24) is 4.90 Å². The van der Waals surface area contributed by atoms with E-state index < -0.39 is 5.97 Å². The molecule has 3 heteroatoms. The molecule has 76 valence electrons. The molecule has 0 bridgehead atoms. The fraction of sp³-hybridized carbons (Fsp3) is 0.700. The van der Waals surface area contributed by atoms with Crippen molar-refractivity contribution in [3.63, 3.8) is 0 Å². The summed E-state index contributed by atoms with van der Waals surface area (Å²) in [6.45, 7) is 10.6. The predicted molar refractivity (Wildman–Crippen MR) is 53.8 cm³/mol. The maximum Gasteiger partial charge on any atom is 0.317 e. The normalized spacial score (nSPS) is 12.9. The van der Waals surface area contributed by atoms with E-state index in [1.165, 1.54) is 0 Å². The van der Waals surface area contributed by atoms with Gasteiger partial charge in [0, 0.05) is 12.6 Å². The molecule has 0 saturated carbocycles. The van der Waals surface area contributed by atoms with Crippen LogP contribution in [0.25, 0.3) is 0 Å². The lowest BCUT2D eigenvalue weighted by atomic mass is 10.2. The fourth-order valence-corrected chi connectivity index (χ4v) is 1.15. The van der Waals surface area contributed by atoms with Crippen LogP contribution in [-0.4, -0.2) is 35.1 Å². The summed E-state index contributed by atoms with van der Waals surface area (Å²) in [6.07, 6.45) is 0.959. The lowest BCUT2D eigenvalue weighted by Crippen LogP contribution is -2.38. The van der Waals surface area contributed by atoms with Gasteiger partial charge in [-0.2, -0.15) is 0 Å². The molecule has 0 heterocycles. The van der Waals surface area contributed by atoms with E-state index in [-0.39, 0.29) is 6.54 Å². The number of hydrogen-bond donors (Lipinski definition) is 1. The first-order chi connectivity index (χ1) is 5.97. The first-order valence-electron chi connectivity index (χ1n) is 4.57. The number of hydrogen-bond acceptors (Lipinski definition) is 2. The van der Waals surface area contributed by atoms with Gasteiger partial charge in [0.15, 0.2) is 0 Å². The van der Waals surface area contributed by atoms with Crippen molar-refractivity contribution in [3.05, 3.63) is 12.2 Å². The number of carboxylic acids is 1. The molecule has 0 aliphatic carbocycles. The van der Waals surface area contributed by atoms with E-state index in [0.29, 0.717) is 12.6 Å². The molecule has 13 heavy (non-hydrogen) atoms. The van der Waals surface area contributed by atoms with Gasteiger partial charge >= 0.3 is 5.97 Å². The molecule has 1 atom stereocenters. The summed E-state index contributed by atoms with van der Waals surface area (Å²) in [5.74, 6) is -0.776. The Hall–Kier alpha value is -0.830. The van der Waals surface area contributed by atoms with Gasteiger partial charge in [0.1, 0.15) is 0 Å². The third-order valence-corrected chi connectivity index (χ3v) is 2.03. The minimum absolute atomic E-state index is 0.0991. The van der Waals surface area contributed by atoms with Crippen molar-refractivity contribution in [2.24, 2.45) is 0 Å². The minimum atomic E-state index is -0.776. The Morgan fingerprint density at radius 2 is 2.08 bits per heavy atom. The van der Waals surface area contributed by atoms with Crippen molar-refractivity contribution in [1.29, 1.82) is 0 Å². The number of nitrogens with zero attached hydrogens (tertiary/aromatic N) is 1. The monoisotopic (exact) mass is 185 g/mol. The summed E-state index contributed by atoms with van der Waals surface area (Å²) in [4.78, 5) is 12.5. The Bertz CT molecular complexity index is 173. The van der Waals surface area contributed by atoms with Crippen LogP contribution in [0.4, 0.5) is 0 Å². The number of carboxylic acid groups (broad SMARTS) is 1. The average Bonchev–Trinajstić information content (AvgIpc) is 2.00. The van der Waals surface area contributed by atoms with Gasteiger partial charge in [-0.25, -0.2) is 0 Å². The molecule has 0 aromatic carbocycles. The van der Waals surface area contributed by atoms with Crippen LogP contribution in [0.1, 0.15) is 27.2 Å². The third-order valence-electron chi connectivity index (χ3n) is 2.03. The number of rotatable bonds is 6. The second-order valence-corrected chi connectivity index (χ2v) is 3.51. The van der Waals surface area contributed by atoms with Crippen LogP contribution in [0.2, 0.25) is 0 Å². The summed E-state index contributed by atoms with van der Waals surface area (Å²) in [6, 6.07) is 0.299. The molecule has 0 aromatic heterocycles. The molecule has 0 fully saturated rings. The molecule has 0 aliphatic heterocycles. The van der Waals surface area contributed by atoms with Gasteiger partial charge in [-0.05, 0) is 20.3 Å². The molecule has 0 amide bonds. The summed E-state index contributed by atoms with van der Waals surface area (Å²) in [7, 11) is 0. The van der Waals surface area contributed by atoms with Crippen molar-refractivity contribution >= 4 is 5.97 Å². The van der Waals surface area contributed by atoms with Gasteiger partial charge in [0.2, 0.25) is 0 Å². The lowest BCUT2D eigenvalue weighted by Gasteiger charge is -2.26. The molecule has 1 unspecified atom stereocenters. The Balaban J connectivity index is 4.17. The average molecular weight is 185 g/mol. The minimum Gasteiger partial charge on any atom is -0.480 e. The molecule has 0 saturated heterocycles. The molecule has 0 radical (unpaired) electrons. The van der Waals surface area contributed by atoms with Crippen LogP contribution in [0.3, 0.4) is 0 Å². The summed E-state index contributed by atoms with van der Waals surface area (Å²) >= 11 is 0. The van der Waals surface area contributed by atoms with Crippen molar-refractivity contribution in [3.8, 4) is 0 Å². The van der Waals surface area contributed by atoms with E-state index in [4.69, 9.17) is 5.11 Å². The Morgan fingerprint density at radius 1 is 1.54 bits per heavy atom. The van der Waals surface area contributed by atoms with E-state index in [1.54, 1.807) is 0 Å². The van der Waals surface area contributed by atoms with Crippen molar-refractivity contribution in [2.45, 2.75) is 33.2 Å². The quantitative estimate of drug-likeness (QED) is 0.641. The van der Waals surface area contributed by atoms with Crippen LogP contribution in [0.15, 0.2) is 12.2 Å². The first-order valence-corrected chi connectivity index (χ1v) is 4.57. The first kappa shape index (κ1) is 12.2. The van der Waals surface area contributed by atoms with Gasteiger partial charge in [0.25, 0.3) is 0 Å². The highest BCUT2D eigenvalue weighted by Crippen LogP contribution is 2.05. The van der Waals surface area contributed by atoms with Crippen molar-refractivity contribution < 1.29 is 9.90 Å². The maximum absolute atomic E-state index is 10.5. The molecular weight excluding hydrogens is 166 g/mol. The maximum atomic E-state index is 10.5. The summed E-state index contributed by atoms with van der Waals surface area (Å²) in [5.41, 5.74) is 1.00. The number of carbonyl (C=O) groups is 1. The molecular formula is C10H19NO2. The topological polar surface area (TPSA) is 40.5 Å².